The number of hydrogen-bond acceptors (Lipinski definition) is 3. The van der Waals surface area contributed by atoms with Gasteiger partial charge in [0.1, 0.15) is 12.4 Å². The third kappa shape index (κ3) is 6.63. The first-order valence-corrected chi connectivity index (χ1v) is 14.1. The molecular weight excluding hydrogens is 512 g/mol. The molecule has 5 rings (SSSR count). The number of halogens is 1. The van der Waals surface area contributed by atoms with E-state index in [2.05, 4.69) is 109 Å². The van der Waals surface area contributed by atoms with E-state index < -0.39 is 5.54 Å². The second-order valence-electron chi connectivity index (χ2n) is 9.99. The van der Waals surface area contributed by atoms with Crippen LogP contribution in [0.15, 0.2) is 133 Å². The summed E-state index contributed by atoms with van der Waals surface area (Å²) in [5.41, 5.74) is 6.64. The van der Waals surface area contributed by atoms with Gasteiger partial charge in [-0.3, -0.25) is 5.32 Å². The number of ether oxygens (including phenoxy) is 1. The minimum atomic E-state index is -0.473. The van der Waals surface area contributed by atoms with E-state index in [9.17, 15) is 0 Å². The molecule has 5 aromatic carbocycles. The topological polar surface area (TPSA) is 33.3 Å². The third-order valence-electron chi connectivity index (χ3n) is 7.15. The number of benzene rings is 5. The summed E-state index contributed by atoms with van der Waals surface area (Å²) in [4.78, 5) is 0. The van der Waals surface area contributed by atoms with E-state index in [1.807, 2.05) is 42.5 Å². The fourth-order valence-corrected chi connectivity index (χ4v) is 5.32. The van der Waals surface area contributed by atoms with Crippen LogP contribution in [-0.4, -0.2) is 13.1 Å². The fraction of sp³-hybridized carbons (Fsp3) is 0.167. The molecule has 4 heteroatoms. The molecule has 0 saturated carbocycles. The molecule has 2 N–H and O–H groups in total. The zero-order valence-corrected chi connectivity index (χ0v) is 23.6. The lowest BCUT2D eigenvalue weighted by atomic mass is 9.77. The van der Waals surface area contributed by atoms with Gasteiger partial charge in [0.2, 0.25) is 0 Å². The lowest BCUT2D eigenvalue weighted by Gasteiger charge is -2.37. The Hall–Kier alpha value is -3.89. The lowest BCUT2D eigenvalue weighted by Crippen LogP contribution is -2.47. The van der Waals surface area contributed by atoms with Crippen LogP contribution in [0.2, 0.25) is 5.02 Å². The molecule has 0 heterocycles. The fourth-order valence-electron chi connectivity index (χ4n) is 5.06. The highest BCUT2D eigenvalue weighted by Gasteiger charge is 2.35. The Labute approximate surface area is 242 Å². The van der Waals surface area contributed by atoms with Crippen LogP contribution >= 0.6 is 11.6 Å². The van der Waals surface area contributed by atoms with Gasteiger partial charge in [0.15, 0.2) is 0 Å². The van der Waals surface area contributed by atoms with Gasteiger partial charge in [0.25, 0.3) is 0 Å². The van der Waals surface area contributed by atoms with Crippen molar-refractivity contribution in [3.8, 4) is 5.75 Å². The molecule has 0 saturated heterocycles. The third-order valence-corrected chi connectivity index (χ3v) is 7.45. The van der Waals surface area contributed by atoms with E-state index in [0.717, 1.165) is 24.2 Å². The number of aryl methyl sites for hydroxylation is 1. The second kappa shape index (κ2) is 13.5. The van der Waals surface area contributed by atoms with Crippen LogP contribution in [0.1, 0.15) is 33.4 Å². The summed E-state index contributed by atoms with van der Waals surface area (Å²) < 4.78 is 5.93. The summed E-state index contributed by atoms with van der Waals surface area (Å²) >= 11 is 6.55. The molecular formula is C36H35ClN2O. The van der Waals surface area contributed by atoms with Crippen LogP contribution in [0.3, 0.4) is 0 Å². The molecule has 0 spiro atoms. The average molecular weight is 547 g/mol. The van der Waals surface area contributed by atoms with Crippen LogP contribution in [0, 0.1) is 6.92 Å². The number of hydrogen-bond donors (Lipinski definition) is 2. The molecule has 0 fully saturated rings. The van der Waals surface area contributed by atoms with E-state index in [4.69, 9.17) is 16.3 Å². The number of nitrogens with one attached hydrogen (secondary N) is 2. The van der Waals surface area contributed by atoms with Crippen molar-refractivity contribution in [2.24, 2.45) is 0 Å². The van der Waals surface area contributed by atoms with Crippen LogP contribution in [-0.2, 0) is 18.7 Å². The second-order valence-corrected chi connectivity index (χ2v) is 10.4. The largest absolute Gasteiger partial charge is 0.487 e. The summed E-state index contributed by atoms with van der Waals surface area (Å²) in [7, 11) is 0. The van der Waals surface area contributed by atoms with Gasteiger partial charge in [-0.15, -0.1) is 0 Å². The Morgan fingerprint density at radius 3 is 1.80 bits per heavy atom. The average Bonchev–Trinajstić information content (AvgIpc) is 3.01. The van der Waals surface area contributed by atoms with Gasteiger partial charge in [-0.2, -0.15) is 0 Å². The molecule has 0 aliphatic heterocycles. The van der Waals surface area contributed by atoms with Gasteiger partial charge in [0, 0.05) is 19.6 Å². The molecule has 0 amide bonds. The molecule has 0 aliphatic rings. The van der Waals surface area contributed by atoms with Gasteiger partial charge < -0.3 is 10.1 Å². The molecule has 202 valence electrons. The standard InChI is InChI=1S/C36H35ClN2O/c1-28-17-20-33(21-18-28)36(31-13-7-3-8-14-31,32-15-9-4-10-16-32)39-24-23-38-26-30-19-22-35(34(37)25-30)40-27-29-11-5-2-6-12-29/h2-22,25,38-39H,23-24,26-27H2,1H3. The van der Waals surface area contributed by atoms with Crippen LogP contribution < -0.4 is 15.4 Å². The van der Waals surface area contributed by atoms with Crippen molar-refractivity contribution in [3.05, 3.63) is 172 Å². The zero-order chi connectivity index (χ0) is 27.6. The van der Waals surface area contributed by atoms with Gasteiger partial charge in [-0.25, -0.2) is 0 Å². The van der Waals surface area contributed by atoms with E-state index in [1.54, 1.807) is 0 Å². The van der Waals surface area contributed by atoms with Gasteiger partial charge in [-0.05, 0) is 46.9 Å². The maximum absolute atomic E-state index is 6.55. The van der Waals surface area contributed by atoms with E-state index >= 15 is 0 Å². The molecule has 3 nitrogen and oxygen atoms in total. The maximum atomic E-state index is 6.55. The quantitative estimate of drug-likeness (QED) is 0.123. The Bertz CT molecular complexity index is 1430. The van der Waals surface area contributed by atoms with Crippen molar-refractivity contribution in [1.29, 1.82) is 0 Å². The van der Waals surface area contributed by atoms with Crippen molar-refractivity contribution in [1.82, 2.24) is 10.6 Å². The molecule has 0 atom stereocenters. The van der Waals surface area contributed by atoms with Gasteiger partial charge in [0.05, 0.1) is 10.6 Å². The molecule has 40 heavy (non-hydrogen) atoms. The van der Waals surface area contributed by atoms with Crippen molar-refractivity contribution >= 4 is 11.6 Å². The zero-order valence-electron chi connectivity index (χ0n) is 22.8. The Morgan fingerprint density at radius 2 is 1.20 bits per heavy atom. The highest BCUT2D eigenvalue weighted by molar-refractivity contribution is 6.32. The van der Waals surface area contributed by atoms with Crippen molar-refractivity contribution < 1.29 is 4.74 Å². The summed E-state index contributed by atoms with van der Waals surface area (Å²) in [6.07, 6.45) is 0. The van der Waals surface area contributed by atoms with Crippen molar-refractivity contribution in [2.45, 2.75) is 25.6 Å². The summed E-state index contributed by atoms with van der Waals surface area (Å²) in [6.45, 7) is 4.90. The molecule has 0 bridgehead atoms. The minimum absolute atomic E-state index is 0.473. The lowest BCUT2D eigenvalue weighted by molar-refractivity contribution is 0.306. The predicted molar refractivity (Wildman–Crippen MR) is 166 cm³/mol. The maximum Gasteiger partial charge on any atom is 0.138 e. The van der Waals surface area contributed by atoms with Gasteiger partial charge >= 0.3 is 0 Å². The van der Waals surface area contributed by atoms with Crippen molar-refractivity contribution in [3.63, 3.8) is 0 Å². The molecule has 0 aliphatic carbocycles. The minimum Gasteiger partial charge on any atom is -0.487 e. The Morgan fingerprint density at radius 1 is 0.625 bits per heavy atom. The van der Waals surface area contributed by atoms with E-state index in [0.29, 0.717) is 23.9 Å². The molecule has 0 radical (unpaired) electrons. The predicted octanol–water partition coefficient (Wildman–Crippen LogP) is 7.90. The molecule has 0 unspecified atom stereocenters. The molecule has 5 aromatic rings. The Balaban J connectivity index is 1.26. The highest BCUT2D eigenvalue weighted by atomic mass is 35.5. The van der Waals surface area contributed by atoms with E-state index in [1.165, 1.54) is 22.3 Å². The normalized spacial score (nSPS) is 11.3. The van der Waals surface area contributed by atoms with Crippen LogP contribution in [0.25, 0.3) is 0 Å². The first-order chi connectivity index (χ1) is 19.6. The van der Waals surface area contributed by atoms with Crippen molar-refractivity contribution in [2.75, 3.05) is 13.1 Å². The van der Waals surface area contributed by atoms with Crippen LogP contribution in [0.4, 0.5) is 0 Å². The molecule has 0 aromatic heterocycles. The van der Waals surface area contributed by atoms with E-state index in [-0.39, 0.29) is 0 Å². The number of rotatable bonds is 12. The summed E-state index contributed by atoms with van der Waals surface area (Å²) in [5, 5.41) is 8.14. The first kappa shape index (κ1) is 27.7. The Kier molecular flexibility index (Phi) is 9.30. The van der Waals surface area contributed by atoms with Crippen LogP contribution in [0.5, 0.6) is 5.75 Å². The SMILES string of the molecule is Cc1ccc(C(NCCNCc2ccc(OCc3ccccc3)c(Cl)c2)(c2ccccc2)c2ccccc2)cc1. The summed E-state index contributed by atoms with van der Waals surface area (Å²) in [5.74, 6) is 0.699. The smallest absolute Gasteiger partial charge is 0.138 e. The monoisotopic (exact) mass is 546 g/mol. The first-order valence-electron chi connectivity index (χ1n) is 13.7. The van der Waals surface area contributed by atoms with Gasteiger partial charge in [-0.1, -0.05) is 138 Å². The highest BCUT2D eigenvalue weighted by Crippen LogP contribution is 2.36. The summed E-state index contributed by atoms with van der Waals surface area (Å²) in [6, 6.07) is 46.3.